The smallest absolute Gasteiger partial charge is 0.132 e. The van der Waals surface area contributed by atoms with Gasteiger partial charge < -0.3 is 4.74 Å². The highest BCUT2D eigenvalue weighted by Gasteiger charge is 2.53. The Labute approximate surface area is 292 Å². The van der Waals surface area contributed by atoms with Gasteiger partial charge in [-0.2, -0.15) is 0 Å². The van der Waals surface area contributed by atoms with Crippen molar-refractivity contribution in [3.8, 4) is 44.9 Å². The molecule has 50 heavy (non-hydrogen) atoms. The Morgan fingerprint density at radius 3 is 1.76 bits per heavy atom. The van der Waals surface area contributed by atoms with Crippen LogP contribution in [0.1, 0.15) is 45.9 Å². The third kappa shape index (κ3) is 3.32. The van der Waals surface area contributed by atoms with Crippen LogP contribution in [-0.2, 0) is 10.8 Å². The molecule has 2 atom stereocenters. The molecule has 0 fully saturated rings. The van der Waals surface area contributed by atoms with Crippen LogP contribution >= 0.6 is 0 Å². The van der Waals surface area contributed by atoms with Crippen molar-refractivity contribution >= 4 is 10.8 Å². The number of hydrogen-bond acceptors (Lipinski definition) is 1. The lowest BCUT2D eigenvalue weighted by Gasteiger charge is -2.39. The summed E-state index contributed by atoms with van der Waals surface area (Å²) in [5, 5.41) is 2.58. The van der Waals surface area contributed by atoms with Gasteiger partial charge in [-0.15, -0.1) is 0 Å². The maximum Gasteiger partial charge on any atom is 0.132 e. The summed E-state index contributed by atoms with van der Waals surface area (Å²) in [4.78, 5) is 0. The van der Waals surface area contributed by atoms with Crippen molar-refractivity contribution in [1.82, 2.24) is 0 Å². The number of fused-ring (bicyclic) bond motifs is 14. The first kappa shape index (κ1) is 27.7. The summed E-state index contributed by atoms with van der Waals surface area (Å²) in [6, 6.07) is 64.9. The summed E-state index contributed by atoms with van der Waals surface area (Å²) < 4.78 is 6.77. The zero-order valence-corrected chi connectivity index (χ0v) is 27.7. The second-order valence-corrected chi connectivity index (χ2v) is 14.0. The first-order valence-electron chi connectivity index (χ1n) is 17.5. The molecule has 0 saturated carbocycles. The normalized spacial score (nSPS) is 18.8. The van der Waals surface area contributed by atoms with E-state index in [-0.39, 0.29) is 0 Å². The highest BCUT2D eigenvalue weighted by Crippen LogP contribution is 2.65. The molecule has 2 aliphatic carbocycles. The Balaban J connectivity index is 1.25. The van der Waals surface area contributed by atoms with Crippen molar-refractivity contribution in [3.63, 3.8) is 0 Å². The highest BCUT2D eigenvalue weighted by atomic mass is 16.5. The molecule has 1 heterocycles. The second-order valence-electron chi connectivity index (χ2n) is 14.0. The van der Waals surface area contributed by atoms with Gasteiger partial charge in [0, 0.05) is 11.1 Å². The molecular formula is C49H32O. The van der Waals surface area contributed by atoms with E-state index in [1.807, 2.05) is 0 Å². The summed E-state index contributed by atoms with van der Waals surface area (Å²) in [7, 11) is 0. The van der Waals surface area contributed by atoms with Crippen molar-refractivity contribution in [2.24, 2.45) is 0 Å². The summed E-state index contributed by atoms with van der Waals surface area (Å²) in [6.07, 6.45) is 0. The maximum absolute atomic E-state index is 6.77. The molecule has 0 radical (unpaired) electrons. The Morgan fingerprint density at radius 2 is 0.940 bits per heavy atom. The monoisotopic (exact) mass is 636 g/mol. The number of hydrogen-bond donors (Lipinski definition) is 0. The molecule has 234 valence electrons. The molecule has 0 bridgehead atoms. The molecule has 0 aromatic heterocycles. The first-order valence-corrected chi connectivity index (χ1v) is 17.5. The van der Waals surface area contributed by atoms with E-state index in [1.165, 1.54) is 83.1 Å². The third-order valence-corrected chi connectivity index (χ3v) is 11.8. The number of para-hydroxylation sites is 1. The third-order valence-electron chi connectivity index (χ3n) is 11.8. The highest BCUT2D eigenvalue weighted by molar-refractivity contribution is 6.07. The standard InChI is InChI=1S/C49H32O/c1-48(32-16-3-2-4-17-32)40-25-11-12-27-43(40)50-44-28-14-22-35(47(44)48)34-21-13-26-41-46(34)37-20-8-10-24-39(37)49(41)38-23-9-7-19-36(38)45-33-18-6-5-15-31(33)29-30-42(45)49/h2-30H,1H3. The summed E-state index contributed by atoms with van der Waals surface area (Å²) >= 11 is 0. The summed E-state index contributed by atoms with van der Waals surface area (Å²) in [6.45, 7) is 2.37. The molecule has 1 nitrogen and oxygen atoms in total. The van der Waals surface area contributed by atoms with Gasteiger partial charge in [-0.3, -0.25) is 0 Å². The molecular weight excluding hydrogens is 605 g/mol. The van der Waals surface area contributed by atoms with Gasteiger partial charge in [-0.25, -0.2) is 0 Å². The SMILES string of the molecule is CC1(c2ccccc2)c2ccccc2Oc2cccc(-c3cccc4c3-c3ccccc3C43c4ccccc4-c4c3ccc3ccccc43)c21. The van der Waals surface area contributed by atoms with E-state index in [2.05, 4.69) is 183 Å². The van der Waals surface area contributed by atoms with Crippen LogP contribution in [0.2, 0.25) is 0 Å². The van der Waals surface area contributed by atoms with Gasteiger partial charge in [0.15, 0.2) is 0 Å². The zero-order valence-electron chi connectivity index (χ0n) is 27.7. The van der Waals surface area contributed by atoms with Gasteiger partial charge in [-0.05, 0) is 91.0 Å². The largest absolute Gasteiger partial charge is 0.457 e. The van der Waals surface area contributed by atoms with Crippen molar-refractivity contribution in [2.45, 2.75) is 17.8 Å². The van der Waals surface area contributed by atoms with Crippen LogP contribution < -0.4 is 4.74 Å². The van der Waals surface area contributed by atoms with Crippen LogP contribution in [0.4, 0.5) is 0 Å². The van der Waals surface area contributed by atoms with Gasteiger partial charge >= 0.3 is 0 Å². The quantitative estimate of drug-likeness (QED) is 0.183. The fourth-order valence-electron chi connectivity index (χ4n) is 9.83. The van der Waals surface area contributed by atoms with Crippen LogP contribution in [0, 0.1) is 0 Å². The van der Waals surface area contributed by atoms with Crippen LogP contribution in [0.3, 0.4) is 0 Å². The van der Waals surface area contributed by atoms with Crippen LogP contribution in [0.5, 0.6) is 11.5 Å². The van der Waals surface area contributed by atoms with Gasteiger partial charge in [0.2, 0.25) is 0 Å². The van der Waals surface area contributed by atoms with Gasteiger partial charge in [0.05, 0.1) is 10.8 Å². The Kier molecular flexibility index (Phi) is 5.51. The maximum atomic E-state index is 6.77. The average molecular weight is 637 g/mol. The molecule has 0 N–H and O–H groups in total. The lowest BCUT2D eigenvalue weighted by atomic mass is 9.66. The average Bonchev–Trinajstić information content (AvgIpc) is 3.66. The molecule has 1 aliphatic heterocycles. The predicted octanol–water partition coefficient (Wildman–Crippen LogP) is 12.3. The van der Waals surface area contributed by atoms with E-state index < -0.39 is 10.8 Å². The summed E-state index contributed by atoms with van der Waals surface area (Å²) in [5.41, 5.74) is 15.9. The molecule has 2 unspecified atom stereocenters. The Bertz CT molecular complexity index is 2700. The van der Waals surface area contributed by atoms with Crippen LogP contribution in [-0.4, -0.2) is 0 Å². The van der Waals surface area contributed by atoms with Crippen LogP contribution in [0.25, 0.3) is 44.2 Å². The van der Waals surface area contributed by atoms with E-state index in [9.17, 15) is 0 Å². The van der Waals surface area contributed by atoms with Crippen molar-refractivity contribution in [1.29, 1.82) is 0 Å². The van der Waals surface area contributed by atoms with Gasteiger partial charge in [0.25, 0.3) is 0 Å². The zero-order chi connectivity index (χ0) is 33.0. The Morgan fingerprint density at radius 1 is 0.380 bits per heavy atom. The molecule has 8 aromatic rings. The molecule has 1 heteroatoms. The van der Waals surface area contributed by atoms with E-state index in [1.54, 1.807) is 0 Å². The fourth-order valence-corrected chi connectivity index (χ4v) is 9.83. The van der Waals surface area contributed by atoms with Crippen molar-refractivity contribution in [2.75, 3.05) is 0 Å². The predicted molar refractivity (Wildman–Crippen MR) is 204 cm³/mol. The minimum atomic E-state index is -0.438. The molecule has 11 rings (SSSR count). The molecule has 3 aliphatic rings. The topological polar surface area (TPSA) is 9.23 Å². The van der Waals surface area contributed by atoms with Crippen LogP contribution in [0.15, 0.2) is 176 Å². The minimum Gasteiger partial charge on any atom is -0.457 e. The van der Waals surface area contributed by atoms with Gasteiger partial charge in [-0.1, -0.05) is 164 Å². The van der Waals surface area contributed by atoms with E-state index in [0.29, 0.717) is 0 Å². The second kappa shape index (κ2) is 9.94. The lowest BCUT2D eigenvalue weighted by molar-refractivity contribution is 0.428. The summed E-state index contributed by atoms with van der Waals surface area (Å²) in [5.74, 6) is 1.83. The van der Waals surface area contributed by atoms with Gasteiger partial charge in [0.1, 0.15) is 11.5 Å². The number of rotatable bonds is 2. The van der Waals surface area contributed by atoms with E-state index in [0.717, 1.165) is 11.5 Å². The van der Waals surface area contributed by atoms with Crippen molar-refractivity contribution in [3.05, 3.63) is 215 Å². The molecule has 0 amide bonds. The number of ether oxygens (including phenoxy) is 1. The number of benzene rings is 8. The molecule has 0 saturated heterocycles. The lowest BCUT2D eigenvalue weighted by Crippen LogP contribution is -2.30. The molecule has 1 spiro atoms. The fraction of sp³-hybridized carbons (Fsp3) is 0.0612. The van der Waals surface area contributed by atoms with E-state index in [4.69, 9.17) is 4.74 Å². The van der Waals surface area contributed by atoms with E-state index >= 15 is 0 Å². The molecule has 8 aromatic carbocycles. The Hall–Kier alpha value is -6.18. The van der Waals surface area contributed by atoms with Crippen molar-refractivity contribution < 1.29 is 4.74 Å². The minimum absolute atomic E-state index is 0.432. The first-order chi connectivity index (χ1) is 24.7.